The molecule has 0 radical (unpaired) electrons. The second kappa shape index (κ2) is 5.60. The molecule has 0 fully saturated rings. The Morgan fingerprint density at radius 3 is 2.50 bits per heavy atom. The largest absolute Gasteiger partial charge is 0.325 e. The first-order valence-corrected chi connectivity index (χ1v) is 7.29. The first-order valence-electron chi connectivity index (χ1n) is 5.01. The van der Waals surface area contributed by atoms with Crippen LogP contribution in [0.15, 0.2) is 27.6 Å². The Labute approximate surface area is 113 Å². The Hall–Kier alpha value is -0.570. The number of nitrogens with two attached hydrogens (primary N) is 1. The zero-order valence-electron chi connectivity index (χ0n) is 9.58. The molecule has 0 bridgehead atoms. The lowest BCUT2D eigenvalue weighted by atomic mass is 10.2. The van der Waals surface area contributed by atoms with Gasteiger partial charge in [0.2, 0.25) is 10.0 Å². The highest BCUT2D eigenvalue weighted by Gasteiger charge is 2.29. The first-order chi connectivity index (χ1) is 8.16. The van der Waals surface area contributed by atoms with Gasteiger partial charge in [-0.25, -0.2) is 21.9 Å². The van der Waals surface area contributed by atoms with Gasteiger partial charge in [0, 0.05) is 4.47 Å². The summed E-state index contributed by atoms with van der Waals surface area (Å²) in [6.45, 7) is -0.220. The Balaban J connectivity index is 2.93. The SMILES string of the molecule is Cc1cc(Br)cc(S(=O)(=O)NCC(F)(F)CN)c1. The summed E-state index contributed by atoms with van der Waals surface area (Å²) in [5.41, 5.74) is 5.53. The van der Waals surface area contributed by atoms with Crippen molar-refractivity contribution in [1.82, 2.24) is 4.72 Å². The van der Waals surface area contributed by atoms with Crippen LogP contribution in [0.1, 0.15) is 5.56 Å². The minimum atomic E-state index is -3.96. The maximum Gasteiger partial charge on any atom is 0.273 e. The van der Waals surface area contributed by atoms with Crippen molar-refractivity contribution in [1.29, 1.82) is 0 Å². The fourth-order valence-corrected chi connectivity index (χ4v) is 3.16. The first kappa shape index (κ1) is 15.5. The summed E-state index contributed by atoms with van der Waals surface area (Å²) >= 11 is 3.15. The number of nitrogens with one attached hydrogen (secondary N) is 1. The van der Waals surface area contributed by atoms with E-state index in [4.69, 9.17) is 5.73 Å². The molecule has 102 valence electrons. The van der Waals surface area contributed by atoms with Gasteiger partial charge in [-0.15, -0.1) is 0 Å². The van der Waals surface area contributed by atoms with Crippen LogP contribution in [0.3, 0.4) is 0 Å². The lowest BCUT2D eigenvalue weighted by Gasteiger charge is -2.15. The molecule has 1 aromatic rings. The minimum Gasteiger partial charge on any atom is -0.325 e. The summed E-state index contributed by atoms with van der Waals surface area (Å²) in [6, 6.07) is 4.46. The van der Waals surface area contributed by atoms with Crippen LogP contribution in [0.5, 0.6) is 0 Å². The van der Waals surface area contributed by atoms with Crippen LogP contribution >= 0.6 is 15.9 Å². The molecule has 0 aromatic heterocycles. The van der Waals surface area contributed by atoms with Crippen molar-refractivity contribution in [2.24, 2.45) is 5.73 Å². The molecule has 18 heavy (non-hydrogen) atoms. The standard InChI is InChI=1S/C10H13BrF2N2O2S/c1-7-2-8(11)4-9(3-7)18(16,17)15-6-10(12,13)5-14/h2-4,15H,5-6,14H2,1H3. The lowest BCUT2D eigenvalue weighted by molar-refractivity contribution is 0.0170. The van der Waals surface area contributed by atoms with Crippen molar-refractivity contribution < 1.29 is 17.2 Å². The summed E-state index contributed by atoms with van der Waals surface area (Å²) in [5.74, 6) is -3.26. The van der Waals surface area contributed by atoms with Gasteiger partial charge in [0.15, 0.2) is 0 Å². The zero-order chi connectivity index (χ0) is 14.0. The van der Waals surface area contributed by atoms with Crippen LogP contribution in [-0.2, 0) is 10.0 Å². The Morgan fingerprint density at radius 1 is 1.39 bits per heavy atom. The van der Waals surface area contributed by atoms with Crippen LogP contribution in [0.25, 0.3) is 0 Å². The van der Waals surface area contributed by atoms with Gasteiger partial charge in [-0.2, -0.15) is 0 Å². The van der Waals surface area contributed by atoms with Gasteiger partial charge >= 0.3 is 0 Å². The van der Waals surface area contributed by atoms with Gasteiger partial charge in [-0.1, -0.05) is 15.9 Å². The molecule has 0 heterocycles. The Morgan fingerprint density at radius 2 is 2.00 bits per heavy atom. The average molecular weight is 343 g/mol. The molecule has 0 unspecified atom stereocenters. The Bertz CT molecular complexity index is 514. The number of hydrogen-bond donors (Lipinski definition) is 2. The van der Waals surface area contributed by atoms with E-state index >= 15 is 0 Å². The van der Waals surface area contributed by atoms with Crippen LogP contribution in [0, 0.1) is 6.92 Å². The summed E-state index contributed by atoms with van der Waals surface area (Å²) in [5, 5.41) is 0. The molecular formula is C10H13BrF2N2O2S. The van der Waals surface area contributed by atoms with E-state index in [1.165, 1.54) is 12.1 Å². The van der Waals surface area contributed by atoms with Gasteiger partial charge in [0.25, 0.3) is 5.92 Å². The molecule has 4 nitrogen and oxygen atoms in total. The number of hydrogen-bond acceptors (Lipinski definition) is 3. The zero-order valence-corrected chi connectivity index (χ0v) is 12.0. The molecule has 0 saturated heterocycles. The van der Waals surface area contributed by atoms with Crippen LogP contribution in [-0.4, -0.2) is 27.4 Å². The summed E-state index contributed by atoms with van der Waals surface area (Å²) in [6.07, 6.45) is 0. The van der Waals surface area contributed by atoms with Crippen molar-refractivity contribution in [3.63, 3.8) is 0 Å². The van der Waals surface area contributed by atoms with Crippen molar-refractivity contribution in [2.45, 2.75) is 17.7 Å². The maximum atomic E-state index is 12.9. The fraction of sp³-hybridized carbons (Fsp3) is 0.400. The third-order valence-corrected chi connectivity index (χ3v) is 3.98. The van der Waals surface area contributed by atoms with Crippen LogP contribution in [0.2, 0.25) is 0 Å². The van der Waals surface area contributed by atoms with Crippen LogP contribution in [0.4, 0.5) is 8.78 Å². The van der Waals surface area contributed by atoms with E-state index in [9.17, 15) is 17.2 Å². The monoisotopic (exact) mass is 342 g/mol. The van der Waals surface area contributed by atoms with E-state index in [-0.39, 0.29) is 4.90 Å². The van der Waals surface area contributed by atoms with Gasteiger partial charge in [-0.3, -0.25) is 0 Å². The molecule has 8 heteroatoms. The minimum absolute atomic E-state index is 0.0674. The predicted octanol–water partition coefficient (Wildman–Crippen LogP) is 1.63. The molecule has 0 aliphatic carbocycles. The number of aryl methyl sites for hydroxylation is 1. The summed E-state index contributed by atoms with van der Waals surface area (Å²) in [4.78, 5) is -0.0674. The van der Waals surface area contributed by atoms with Crippen molar-refractivity contribution in [3.05, 3.63) is 28.2 Å². The smallest absolute Gasteiger partial charge is 0.273 e. The van der Waals surface area contributed by atoms with E-state index in [1.807, 2.05) is 4.72 Å². The third-order valence-electron chi connectivity index (χ3n) is 2.15. The van der Waals surface area contributed by atoms with Crippen molar-refractivity contribution in [3.8, 4) is 0 Å². The molecule has 3 N–H and O–H groups in total. The summed E-state index contributed by atoms with van der Waals surface area (Å²) in [7, 11) is -3.96. The molecule has 0 spiro atoms. The van der Waals surface area contributed by atoms with Gasteiger partial charge in [0.1, 0.15) is 0 Å². The molecule has 1 aromatic carbocycles. The quantitative estimate of drug-likeness (QED) is 0.854. The highest BCUT2D eigenvalue weighted by molar-refractivity contribution is 9.10. The average Bonchev–Trinajstić information content (AvgIpc) is 2.25. The highest BCUT2D eigenvalue weighted by atomic mass is 79.9. The number of sulfonamides is 1. The molecular weight excluding hydrogens is 330 g/mol. The molecule has 0 amide bonds. The second-order valence-corrected chi connectivity index (χ2v) is 6.53. The third kappa shape index (κ3) is 4.27. The van der Waals surface area contributed by atoms with E-state index < -0.39 is 29.0 Å². The number of alkyl halides is 2. The van der Waals surface area contributed by atoms with Gasteiger partial charge in [0.05, 0.1) is 18.0 Å². The lowest BCUT2D eigenvalue weighted by Crippen LogP contribution is -2.41. The summed E-state index contributed by atoms with van der Waals surface area (Å²) < 4.78 is 51.8. The molecule has 0 aliphatic rings. The fourth-order valence-electron chi connectivity index (χ4n) is 1.21. The number of benzene rings is 1. The maximum absolute atomic E-state index is 12.9. The molecule has 0 saturated carbocycles. The van der Waals surface area contributed by atoms with E-state index in [0.717, 1.165) is 0 Å². The van der Waals surface area contributed by atoms with Gasteiger partial charge in [-0.05, 0) is 30.7 Å². The normalized spacial score (nSPS) is 12.7. The molecule has 0 atom stereocenters. The van der Waals surface area contributed by atoms with Gasteiger partial charge < -0.3 is 5.73 Å². The highest BCUT2D eigenvalue weighted by Crippen LogP contribution is 2.19. The number of halogens is 3. The van der Waals surface area contributed by atoms with E-state index in [2.05, 4.69) is 15.9 Å². The topological polar surface area (TPSA) is 72.2 Å². The van der Waals surface area contributed by atoms with E-state index in [0.29, 0.717) is 10.0 Å². The van der Waals surface area contributed by atoms with Crippen LogP contribution < -0.4 is 10.5 Å². The number of rotatable bonds is 5. The molecule has 0 aliphatic heterocycles. The van der Waals surface area contributed by atoms with E-state index in [1.54, 1.807) is 13.0 Å². The Kier molecular flexibility index (Phi) is 4.82. The molecule has 1 rings (SSSR count). The van der Waals surface area contributed by atoms with Crippen molar-refractivity contribution in [2.75, 3.05) is 13.1 Å². The predicted molar refractivity (Wildman–Crippen MR) is 68.1 cm³/mol. The second-order valence-electron chi connectivity index (χ2n) is 3.85. The van der Waals surface area contributed by atoms with Crippen molar-refractivity contribution >= 4 is 26.0 Å².